The van der Waals surface area contributed by atoms with Crippen molar-refractivity contribution in [2.45, 2.75) is 40.4 Å². The van der Waals surface area contributed by atoms with Crippen molar-refractivity contribution >= 4 is 36.8 Å². The Labute approximate surface area is 205 Å². The molecule has 0 radical (unpaired) electrons. The Morgan fingerprint density at radius 3 is 2.71 bits per heavy atom. The van der Waals surface area contributed by atoms with Crippen LogP contribution in [0.25, 0.3) is 11.0 Å². The van der Waals surface area contributed by atoms with Gasteiger partial charge in [-0.15, -0.1) is 0 Å². The van der Waals surface area contributed by atoms with Crippen LogP contribution in [0, 0.1) is 6.92 Å². The van der Waals surface area contributed by atoms with Crippen molar-refractivity contribution in [2.24, 2.45) is 0 Å². The number of fused-ring (bicyclic) bond motifs is 1. The van der Waals surface area contributed by atoms with Gasteiger partial charge in [0.15, 0.2) is 22.5 Å². The predicted octanol–water partition coefficient (Wildman–Crippen LogP) is 1.30. The number of aryl methyl sites for hydroxylation is 3. The number of benzene rings is 1. The van der Waals surface area contributed by atoms with E-state index in [1.54, 1.807) is 19.7 Å². The number of hydrogen-bond acceptors (Lipinski definition) is 7. The molecule has 0 aliphatic rings. The van der Waals surface area contributed by atoms with E-state index in [9.17, 15) is 14.5 Å². The van der Waals surface area contributed by atoms with E-state index in [0.717, 1.165) is 16.9 Å². The number of carbonyl (C=O) groups excluding carboxylic acids is 2. The van der Waals surface area contributed by atoms with Crippen LogP contribution in [0.3, 0.4) is 0 Å². The van der Waals surface area contributed by atoms with Gasteiger partial charge in [-0.25, -0.2) is 19.1 Å². The van der Waals surface area contributed by atoms with E-state index < -0.39 is 14.1 Å². The van der Waals surface area contributed by atoms with Crippen LogP contribution in [-0.4, -0.2) is 57.4 Å². The van der Waals surface area contributed by atoms with E-state index in [2.05, 4.69) is 29.7 Å². The molecule has 0 aliphatic heterocycles. The van der Waals surface area contributed by atoms with E-state index >= 15 is 0 Å². The zero-order valence-corrected chi connectivity index (χ0v) is 21.4. The van der Waals surface area contributed by atoms with Crippen LogP contribution in [0.2, 0.25) is 0 Å². The molecule has 0 fully saturated rings. The summed E-state index contributed by atoms with van der Waals surface area (Å²) in [5.41, 5.74) is 8.95. The fourth-order valence-corrected chi connectivity index (χ4v) is 4.26. The molecule has 2 aromatic heterocycles. The molecule has 1 atom stereocenters. The summed E-state index contributed by atoms with van der Waals surface area (Å²) in [6.45, 7) is 9.80. The van der Waals surface area contributed by atoms with E-state index in [0.29, 0.717) is 43.8 Å². The summed E-state index contributed by atoms with van der Waals surface area (Å²) < 4.78 is 9.51. The number of rotatable bonds is 11. The molecular weight excluding hydrogens is 469 g/mol. The molecular formula is C23H33N7O4P+. The maximum Gasteiger partial charge on any atom is 0.277 e. The minimum atomic E-state index is -1.11. The van der Waals surface area contributed by atoms with E-state index in [1.807, 2.05) is 26.0 Å². The fourth-order valence-electron chi connectivity index (χ4n) is 3.86. The van der Waals surface area contributed by atoms with Gasteiger partial charge in [0.2, 0.25) is 0 Å². The third kappa shape index (κ3) is 6.30. The smallest absolute Gasteiger partial charge is 0.277 e. The predicted molar refractivity (Wildman–Crippen MR) is 134 cm³/mol. The molecule has 3 aromatic rings. The van der Waals surface area contributed by atoms with Crippen molar-refractivity contribution in [3.05, 3.63) is 47.2 Å². The molecule has 11 nitrogen and oxygen atoms in total. The SMILES string of the molecule is CCn1c(CNC(=O)c2nc(C)cnc2N)[n+](CC)c2cc(C(=O)NCCOCP(C)O)ccc21. The summed E-state index contributed by atoms with van der Waals surface area (Å²) >= 11 is 0. The Balaban J connectivity index is 1.80. The third-order valence-electron chi connectivity index (χ3n) is 5.43. The molecule has 3 rings (SSSR count). The van der Waals surface area contributed by atoms with Gasteiger partial charge >= 0.3 is 0 Å². The molecule has 2 heterocycles. The van der Waals surface area contributed by atoms with Crippen LogP contribution in [0.5, 0.6) is 0 Å². The molecule has 1 aromatic carbocycles. The van der Waals surface area contributed by atoms with Crippen molar-refractivity contribution in [3.63, 3.8) is 0 Å². The summed E-state index contributed by atoms with van der Waals surface area (Å²) in [7, 11) is -1.11. The average molecular weight is 503 g/mol. The lowest BCUT2D eigenvalue weighted by atomic mass is 10.2. The number of nitrogens with two attached hydrogens (primary N) is 1. The minimum Gasteiger partial charge on any atom is -0.382 e. The highest BCUT2D eigenvalue weighted by Gasteiger charge is 2.25. The maximum absolute atomic E-state index is 12.7. The van der Waals surface area contributed by atoms with Gasteiger partial charge in [0.1, 0.15) is 6.54 Å². The van der Waals surface area contributed by atoms with Crippen molar-refractivity contribution < 1.29 is 23.8 Å². The molecule has 5 N–H and O–H groups in total. The molecule has 12 heteroatoms. The molecule has 0 aliphatic carbocycles. The van der Waals surface area contributed by atoms with Crippen molar-refractivity contribution in [1.29, 1.82) is 0 Å². The second kappa shape index (κ2) is 12.0. The summed E-state index contributed by atoms with van der Waals surface area (Å²) in [4.78, 5) is 42.9. The number of anilines is 1. The lowest BCUT2D eigenvalue weighted by Crippen LogP contribution is -2.40. The Hall–Kier alpha value is -3.14. The standard InChI is InChI=1S/C23H32N7O4P/c1-5-29-17-8-7-16(22(31)25-9-10-34-14-35(4)33)11-18(17)30(6-2)19(29)13-27-23(32)20-21(24)26-12-15(3)28-20/h7-8,11-12,33H,5-6,9-10,13-14H2,1-4H3,(H3-,24,25,26,27,31,32)/p+1. The largest absolute Gasteiger partial charge is 0.382 e. The number of nitrogen functional groups attached to an aromatic ring is 1. The van der Waals surface area contributed by atoms with Gasteiger partial charge in [-0.2, -0.15) is 0 Å². The Bertz CT molecular complexity index is 1210. The molecule has 2 amide bonds. The van der Waals surface area contributed by atoms with Gasteiger partial charge in [0.25, 0.3) is 17.6 Å². The molecule has 188 valence electrons. The number of hydrogen-bond donors (Lipinski definition) is 4. The Kier molecular flexibility index (Phi) is 9.08. The summed E-state index contributed by atoms with van der Waals surface area (Å²) in [5.74, 6) is 0.380. The quantitative estimate of drug-likeness (QED) is 0.175. The first-order valence-corrected chi connectivity index (χ1v) is 13.4. The van der Waals surface area contributed by atoms with Gasteiger partial charge < -0.3 is 26.0 Å². The van der Waals surface area contributed by atoms with Gasteiger partial charge in [-0.05, 0) is 39.6 Å². The highest BCUT2D eigenvalue weighted by Crippen LogP contribution is 2.22. The number of nitrogens with one attached hydrogen (secondary N) is 2. The number of ether oxygens (including phenoxy) is 1. The monoisotopic (exact) mass is 502 g/mol. The molecule has 1 unspecified atom stereocenters. The Morgan fingerprint density at radius 1 is 1.26 bits per heavy atom. The molecule has 0 spiro atoms. The van der Waals surface area contributed by atoms with E-state index in [1.165, 1.54) is 6.20 Å². The maximum atomic E-state index is 12.7. The number of imidazole rings is 1. The highest BCUT2D eigenvalue weighted by atomic mass is 31.1. The van der Waals surface area contributed by atoms with Gasteiger partial charge in [0.05, 0.1) is 37.9 Å². The van der Waals surface area contributed by atoms with E-state index in [4.69, 9.17) is 10.5 Å². The normalized spacial score (nSPS) is 12.0. The van der Waals surface area contributed by atoms with Crippen LogP contribution >= 0.6 is 8.15 Å². The first kappa shape index (κ1) is 26.5. The lowest BCUT2D eigenvalue weighted by Gasteiger charge is -2.07. The van der Waals surface area contributed by atoms with Crippen LogP contribution in [-0.2, 0) is 24.4 Å². The van der Waals surface area contributed by atoms with Gasteiger partial charge in [-0.1, -0.05) is 0 Å². The second-order valence-corrected chi connectivity index (χ2v) is 9.56. The topological polar surface area (TPSA) is 148 Å². The van der Waals surface area contributed by atoms with Crippen LogP contribution in [0.1, 0.15) is 46.2 Å². The number of amides is 2. The fraction of sp³-hybridized carbons (Fsp3) is 0.435. The lowest BCUT2D eigenvalue weighted by molar-refractivity contribution is -0.676. The summed E-state index contributed by atoms with van der Waals surface area (Å²) in [6, 6.07) is 5.56. The summed E-state index contributed by atoms with van der Waals surface area (Å²) in [5, 5.41) is 5.75. The molecule has 0 saturated carbocycles. The van der Waals surface area contributed by atoms with Crippen LogP contribution in [0.4, 0.5) is 5.82 Å². The second-order valence-electron chi connectivity index (χ2n) is 7.99. The third-order valence-corrected chi connectivity index (χ3v) is 5.98. The van der Waals surface area contributed by atoms with E-state index in [-0.39, 0.29) is 24.0 Å². The molecule has 0 saturated heterocycles. The zero-order chi connectivity index (χ0) is 25.5. The first-order valence-electron chi connectivity index (χ1n) is 11.4. The first-order chi connectivity index (χ1) is 16.8. The van der Waals surface area contributed by atoms with Crippen molar-refractivity contribution in [2.75, 3.05) is 31.9 Å². The highest BCUT2D eigenvalue weighted by molar-refractivity contribution is 7.50. The van der Waals surface area contributed by atoms with Crippen molar-refractivity contribution in [1.82, 2.24) is 25.2 Å². The number of nitrogens with zero attached hydrogens (tertiary/aromatic N) is 4. The summed E-state index contributed by atoms with van der Waals surface area (Å²) in [6.07, 6.45) is 1.81. The zero-order valence-electron chi connectivity index (χ0n) is 20.5. The minimum absolute atomic E-state index is 0.0837. The van der Waals surface area contributed by atoms with Crippen LogP contribution < -0.4 is 20.9 Å². The average Bonchev–Trinajstić information content (AvgIpc) is 3.14. The molecule has 0 bridgehead atoms. The van der Waals surface area contributed by atoms with Crippen molar-refractivity contribution in [3.8, 4) is 0 Å². The van der Waals surface area contributed by atoms with Crippen LogP contribution in [0.15, 0.2) is 24.4 Å². The number of aromatic nitrogens is 4. The Morgan fingerprint density at radius 2 is 2.03 bits per heavy atom. The van der Waals surface area contributed by atoms with Gasteiger partial charge in [0, 0.05) is 26.3 Å². The number of carbonyl (C=O) groups is 2. The molecule has 35 heavy (non-hydrogen) atoms. The van der Waals surface area contributed by atoms with Gasteiger partial charge in [-0.3, -0.25) is 9.59 Å².